The Hall–Kier alpha value is -1.70. The first-order valence-electron chi connectivity index (χ1n) is 9.28. The van der Waals surface area contributed by atoms with Crippen LogP contribution in [0.4, 0.5) is 0 Å². The number of hydrogen-bond acceptors (Lipinski definition) is 4. The Bertz CT molecular complexity index is 853. The standard InChI is InChI=1S/C20H26N2O3S2/c1-3-16-6-8-17(9-7-16)15-21(2)20(23)18-10-12-22(13-11-18)27(24,25)19-5-4-14-26-19/h4-9,14,18H,3,10-13,15H2,1-2H3. The molecular formula is C20H26N2O3S2. The lowest BCUT2D eigenvalue weighted by Crippen LogP contribution is -2.43. The van der Waals surface area contributed by atoms with Crippen LogP contribution in [0, 0.1) is 5.92 Å². The molecular weight excluding hydrogens is 380 g/mol. The van der Waals surface area contributed by atoms with Crippen molar-refractivity contribution < 1.29 is 13.2 Å². The van der Waals surface area contributed by atoms with Crippen molar-refractivity contribution in [3.63, 3.8) is 0 Å². The van der Waals surface area contributed by atoms with Gasteiger partial charge in [0.25, 0.3) is 10.0 Å². The van der Waals surface area contributed by atoms with Crippen molar-refractivity contribution in [2.75, 3.05) is 20.1 Å². The van der Waals surface area contributed by atoms with Crippen molar-refractivity contribution in [2.45, 2.75) is 36.9 Å². The summed E-state index contributed by atoms with van der Waals surface area (Å²) in [5.74, 6) is -0.0116. The minimum atomic E-state index is -3.42. The first-order valence-corrected chi connectivity index (χ1v) is 11.6. The van der Waals surface area contributed by atoms with E-state index < -0.39 is 10.0 Å². The van der Waals surface area contributed by atoms with Crippen LogP contribution < -0.4 is 0 Å². The summed E-state index contributed by atoms with van der Waals surface area (Å²) in [6.07, 6.45) is 2.15. The van der Waals surface area contributed by atoms with Gasteiger partial charge in [-0.1, -0.05) is 37.3 Å². The summed E-state index contributed by atoms with van der Waals surface area (Å²) in [4.78, 5) is 14.5. The number of piperidine rings is 1. The lowest BCUT2D eigenvalue weighted by molar-refractivity contribution is -0.135. The molecule has 1 aliphatic heterocycles. The van der Waals surface area contributed by atoms with Crippen LogP contribution in [0.25, 0.3) is 0 Å². The van der Waals surface area contributed by atoms with Crippen molar-refractivity contribution in [2.24, 2.45) is 5.92 Å². The Morgan fingerprint density at radius 2 is 1.78 bits per heavy atom. The molecule has 0 N–H and O–H groups in total. The Kier molecular flexibility index (Phi) is 6.34. The van der Waals surface area contributed by atoms with Crippen LogP contribution in [0.15, 0.2) is 46.0 Å². The van der Waals surface area contributed by atoms with E-state index in [0.717, 1.165) is 12.0 Å². The summed E-state index contributed by atoms with van der Waals surface area (Å²) < 4.78 is 27.1. The maximum atomic E-state index is 12.8. The van der Waals surface area contributed by atoms with E-state index in [4.69, 9.17) is 0 Å². The van der Waals surface area contributed by atoms with Crippen molar-refractivity contribution in [3.8, 4) is 0 Å². The number of carbonyl (C=O) groups excluding carboxylic acids is 1. The molecule has 1 saturated heterocycles. The third-order valence-corrected chi connectivity index (χ3v) is 8.39. The van der Waals surface area contributed by atoms with E-state index in [1.165, 1.54) is 21.2 Å². The molecule has 2 aromatic rings. The van der Waals surface area contributed by atoms with Crippen molar-refractivity contribution in [1.82, 2.24) is 9.21 Å². The van der Waals surface area contributed by atoms with Gasteiger partial charge in [-0.05, 0) is 41.8 Å². The van der Waals surface area contributed by atoms with E-state index in [2.05, 4.69) is 31.2 Å². The third-order valence-electron chi connectivity index (χ3n) is 5.12. The maximum absolute atomic E-state index is 12.8. The molecule has 2 heterocycles. The van der Waals surface area contributed by atoms with Crippen LogP contribution >= 0.6 is 11.3 Å². The zero-order valence-corrected chi connectivity index (χ0v) is 17.4. The highest BCUT2D eigenvalue weighted by Crippen LogP contribution is 2.27. The molecule has 0 aliphatic carbocycles. The van der Waals surface area contributed by atoms with E-state index >= 15 is 0 Å². The zero-order valence-electron chi connectivity index (χ0n) is 15.8. The van der Waals surface area contributed by atoms with Crippen LogP contribution in [-0.2, 0) is 27.8 Å². The molecule has 3 rings (SSSR count). The van der Waals surface area contributed by atoms with Gasteiger partial charge in [-0.2, -0.15) is 4.31 Å². The van der Waals surface area contributed by atoms with Gasteiger partial charge in [-0.25, -0.2) is 8.42 Å². The number of carbonyl (C=O) groups is 1. The molecule has 7 heteroatoms. The smallest absolute Gasteiger partial charge is 0.252 e. The maximum Gasteiger partial charge on any atom is 0.252 e. The molecule has 27 heavy (non-hydrogen) atoms. The monoisotopic (exact) mass is 406 g/mol. The molecule has 0 bridgehead atoms. The van der Waals surface area contributed by atoms with Gasteiger partial charge in [0.1, 0.15) is 4.21 Å². The average Bonchev–Trinajstić information content (AvgIpc) is 3.24. The number of nitrogens with zero attached hydrogens (tertiary/aromatic N) is 2. The van der Waals surface area contributed by atoms with Gasteiger partial charge >= 0.3 is 0 Å². The third kappa shape index (κ3) is 4.59. The molecule has 1 fully saturated rings. The molecule has 0 spiro atoms. The van der Waals surface area contributed by atoms with Gasteiger partial charge in [0.05, 0.1) is 0 Å². The van der Waals surface area contributed by atoms with Gasteiger partial charge in [-0.3, -0.25) is 4.79 Å². The number of benzene rings is 1. The fourth-order valence-corrected chi connectivity index (χ4v) is 6.04. The number of sulfonamides is 1. The molecule has 0 saturated carbocycles. The number of rotatable bonds is 6. The second-order valence-corrected chi connectivity index (χ2v) is 10.1. The predicted molar refractivity (Wildman–Crippen MR) is 108 cm³/mol. The van der Waals surface area contributed by atoms with Crippen molar-refractivity contribution in [1.29, 1.82) is 0 Å². The minimum absolute atomic E-state index is 0.0998. The second-order valence-electron chi connectivity index (χ2n) is 6.97. The molecule has 1 aromatic heterocycles. The summed E-state index contributed by atoms with van der Waals surface area (Å²) in [7, 11) is -1.59. The lowest BCUT2D eigenvalue weighted by Gasteiger charge is -2.32. The largest absolute Gasteiger partial charge is 0.341 e. The highest BCUT2D eigenvalue weighted by molar-refractivity contribution is 7.91. The first kappa shape index (κ1) is 20.0. The highest BCUT2D eigenvalue weighted by atomic mass is 32.2. The van der Waals surface area contributed by atoms with Crippen LogP contribution in [0.3, 0.4) is 0 Å². The Balaban J connectivity index is 1.56. The summed E-state index contributed by atoms with van der Waals surface area (Å²) >= 11 is 1.23. The quantitative estimate of drug-likeness (QED) is 0.739. The summed E-state index contributed by atoms with van der Waals surface area (Å²) in [5.41, 5.74) is 2.40. The minimum Gasteiger partial charge on any atom is -0.341 e. The van der Waals surface area contributed by atoms with Crippen LogP contribution in [-0.4, -0.2) is 43.7 Å². The van der Waals surface area contributed by atoms with Gasteiger partial charge in [0, 0.05) is 32.6 Å². The molecule has 0 atom stereocenters. The van der Waals surface area contributed by atoms with E-state index in [0.29, 0.717) is 36.7 Å². The molecule has 5 nitrogen and oxygen atoms in total. The fourth-order valence-electron chi connectivity index (χ4n) is 3.42. The van der Waals surface area contributed by atoms with Gasteiger partial charge in [0.15, 0.2) is 0 Å². The van der Waals surface area contributed by atoms with E-state index in [-0.39, 0.29) is 11.8 Å². The highest BCUT2D eigenvalue weighted by Gasteiger charge is 2.33. The Labute approximate surface area is 165 Å². The SMILES string of the molecule is CCc1ccc(CN(C)C(=O)C2CCN(S(=O)(=O)c3cccs3)CC2)cc1. The fraction of sp³-hybridized carbons (Fsp3) is 0.450. The molecule has 0 radical (unpaired) electrons. The number of hydrogen-bond donors (Lipinski definition) is 0. The summed E-state index contributed by atoms with van der Waals surface area (Å²) in [5, 5.41) is 1.77. The zero-order chi connectivity index (χ0) is 19.4. The predicted octanol–water partition coefficient (Wildman–Crippen LogP) is 3.37. The first-order chi connectivity index (χ1) is 12.9. The van der Waals surface area contributed by atoms with Crippen molar-refractivity contribution in [3.05, 3.63) is 52.9 Å². The van der Waals surface area contributed by atoms with Gasteiger partial charge < -0.3 is 4.90 Å². The van der Waals surface area contributed by atoms with E-state index in [1.807, 2.05) is 7.05 Å². The van der Waals surface area contributed by atoms with Crippen molar-refractivity contribution >= 4 is 27.3 Å². The van der Waals surface area contributed by atoms with E-state index in [9.17, 15) is 13.2 Å². The Morgan fingerprint density at radius 1 is 1.15 bits per heavy atom. The number of aryl methyl sites for hydroxylation is 1. The Morgan fingerprint density at radius 3 is 2.33 bits per heavy atom. The topological polar surface area (TPSA) is 57.7 Å². The van der Waals surface area contributed by atoms with Crippen LogP contribution in [0.5, 0.6) is 0 Å². The van der Waals surface area contributed by atoms with Gasteiger partial charge in [-0.15, -0.1) is 11.3 Å². The number of amides is 1. The molecule has 146 valence electrons. The molecule has 1 aromatic carbocycles. The van der Waals surface area contributed by atoms with Gasteiger partial charge in [0.2, 0.25) is 5.91 Å². The van der Waals surface area contributed by atoms with Crippen LogP contribution in [0.2, 0.25) is 0 Å². The lowest BCUT2D eigenvalue weighted by atomic mass is 9.96. The van der Waals surface area contributed by atoms with E-state index in [1.54, 1.807) is 22.4 Å². The van der Waals surface area contributed by atoms with Crippen LogP contribution in [0.1, 0.15) is 30.9 Å². The average molecular weight is 407 g/mol. The molecule has 1 amide bonds. The second kappa shape index (κ2) is 8.54. The molecule has 1 aliphatic rings. The number of thiophene rings is 1. The summed E-state index contributed by atoms with van der Waals surface area (Å²) in [6, 6.07) is 11.7. The molecule has 0 unspecified atom stereocenters. The normalized spacial score (nSPS) is 16.4. The summed E-state index contributed by atoms with van der Waals surface area (Å²) in [6.45, 7) is 3.50.